The van der Waals surface area contributed by atoms with Crippen molar-refractivity contribution in [3.05, 3.63) is 28.8 Å². The molecule has 116 valence electrons. The summed E-state index contributed by atoms with van der Waals surface area (Å²) in [4.78, 5) is 0.328. The van der Waals surface area contributed by atoms with Crippen LogP contribution in [-0.2, 0) is 10.0 Å². The molecule has 0 radical (unpaired) electrons. The maximum Gasteiger partial charge on any atom is 0.244 e. The molecule has 4 nitrogen and oxygen atoms in total. The molecule has 1 aliphatic rings. The van der Waals surface area contributed by atoms with E-state index in [4.69, 9.17) is 29.6 Å². The minimum atomic E-state index is -3.58. The number of rotatable bonds is 4. The van der Waals surface area contributed by atoms with E-state index >= 15 is 0 Å². The molecule has 1 aromatic carbocycles. The number of hydrogen-bond acceptors (Lipinski definition) is 3. The monoisotopic (exact) mass is 346 g/mol. The fourth-order valence-electron chi connectivity index (χ4n) is 2.69. The van der Waals surface area contributed by atoms with Gasteiger partial charge in [0.05, 0.1) is 5.02 Å². The number of thiocarbonyl (C=S) groups is 1. The van der Waals surface area contributed by atoms with Crippen molar-refractivity contribution >= 4 is 38.8 Å². The van der Waals surface area contributed by atoms with Crippen molar-refractivity contribution in [1.29, 1.82) is 0 Å². The van der Waals surface area contributed by atoms with Crippen LogP contribution in [0.5, 0.6) is 0 Å². The Morgan fingerprint density at radius 2 is 2.19 bits per heavy atom. The largest absolute Gasteiger partial charge is 0.389 e. The fourth-order valence-corrected chi connectivity index (χ4v) is 5.10. The van der Waals surface area contributed by atoms with E-state index in [0.29, 0.717) is 12.1 Å². The Bertz CT molecular complexity index is 646. The number of hydrogen-bond donors (Lipinski definition) is 1. The smallest absolute Gasteiger partial charge is 0.244 e. The minimum absolute atomic E-state index is 0.0510. The van der Waals surface area contributed by atoms with Crippen LogP contribution in [0.2, 0.25) is 5.02 Å². The molecular formula is C14H19ClN2O2S2. The molecule has 1 aliphatic heterocycles. The first-order chi connectivity index (χ1) is 9.87. The standard InChI is InChI=1S/C14H19ClN2O2S2/c1-2-11-5-3-4-8-17(11)21(18,19)13-7-6-10(14(16)20)9-12(13)15/h6-7,9,11H,2-5,8H2,1H3,(H2,16,20). The van der Waals surface area contributed by atoms with E-state index in [9.17, 15) is 8.42 Å². The second kappa shape index (κ2) is 6.60. The van der Waals surface area contributed by atoms with Crippen LogP contribution in [0.15, 0.2) is 23.1 Å². The SMILES string of the molecule is CCC1CCCCN1S(=O)(=O)c1ccc(C(N)=S)cc1Cl. The first-order valence-electron chi connectivity index (χ1n) is 6.99. The summed E-state index contributed by atoms with van der Waals surface area (Å²) in [5.74, 6) is 0. The van der Waals surface area contributed by atoms with Gasteiger partial charge in [0.15, 0.2) is 0 Å². The number of nitrogens with zero attached hydrogens (tertiary/aromatic N) is 1. The second-order valence-corrected chi connectivity index (χ2v) is 7.89. The van der Waals surface area contributed by atoms with Gasteiger partial charge in [-0.15, -0.1) is 0 Å². The Morgan fingerprint density at radius 3 is 2.76 bits per heavy atom. The molecule has 0 aromatic heterocycles. The molecule has 21 heavy (non-hydrogen) atoms. The normalized spacial score (nSPS) is 20.4. The third kappa shape index (κ3) is 3.39. The van der Waals surface area contributed by atoms with E-state index in [1.807, 2.05) is 6.92 Å². The topological polar surface area (TPSA) is 63.4 Å². The highest BCUT2D eigenvalue weighted by molar-refractivity contribution is 7.89. The van der Waals surface area contributed by atoms with Crippen molar-refractivity contribution in [3.8, 4) is 0 Å². The molecule has 0 spiro atoms. The summed E-state index contributed by atoms with van der Waals surface area (Å²) in [6.45, 7) is 2.56. The Hall–Kier alpha value is -0.690. The van der Waals surface area contributed by atoms with Gasteiger partial charge in [-0.1, -0.05) is 43.2 Å². The lowest BCUT2D eigenvalue weighted by molar-refractivity contribution is 0.246. The van der Waals surface area contributed by atoms with Crippen LogP contribution >= 0.6 is 23.8 Å². The minimum Gasteiger partial charge on any atom is -0.389 e. The van der Waals surface area contributed by atoms with Crippen molar-refractivity contribution < 1.29 is 8.42 Å². The van der Waals surface area contributed by atoms with Gasteiger partial charge in [0.25, 0.3) is 0 Å². The zero-order valence-electron chi connectivity index (χ0n) is 11.9. The van der Waals surface area contributed by atoms with Gasteiger partial charge in [-0.3, -0.25) is 0 Å². The lowest BCUT2D eigenvalue weighted by Gasteiger charge is -2.34. The molecular weight excluding hydrogens is 328 g/mol. The third-order valence-electron chi connectivity index (χ3n) is 3.85. The summed E-state index contributed by atoms with van der Waals surface area (Å²) in [6.07, 6.45) is 3.66. The Kier molecular flexibility index (Phi) is 5.24. The van der Waals surface area contributed by atoms with Gasteiger partial charge in [0.2, 0.25) is 10.0 Å². The number of halogens is 1. The van der Waals surface area contributed by atoms with Gasteiger partial charge < -0.3 is 5.73 Å². The second-order valence-electron chi connectivity index (χ2n) is 5.18. The number of sulfonamides is 1. The van der Waals surface area contributed by atoms with Crippen LogP contribution in [0.4, 0.5) is 0 Å². The molecule has 7 heteroatoms. The van der Waals surface area contributed by atoms with Crippen molar-refractivity contribution in [3.63, 3.8) is 0 Å². The van der Waals surface area contributed by atoms with Crippen LogP contribution in [0.25, 0.3) is 0 Å². The molecule has 1 fully saturated rings. The first-order valence-corrected chi connectivity index (χ1v) is 9.21. The lowest BCUT2D eigenvalue weighted by atomic mass is 10.0. The summed E-state index contributed by atoms with van der Waals surface area (Å²) >= 11 is 11.0. The Balaban J connectivity index is 2.41. The van der Waals surface area contributed by atoms with Crippen LogP contribution in [-0.4, -0.2) is 30.3 Å². The van der Waals surface area contributed by atoms with Crippen molar-refractivity contribution in [2.45, 2.75) is 43.5 Å². The summed E-state index contributed by atoms with van der Waals surface area (Å²) in [7, 11) is -3.58. The number of piperidine rings is 1. The molecule has 0 saturated carbocycles. The summed E-state index contributed by atoms with van der Waals surface area (Å²) < 4.78 is 27.3. The maximum absolute atomic E-state index is 12.8. The van der Waals surface area contributed by atoms with E-state index < -0.39 is 10.0 Å². The lowest BCUT2D eigenvalue weighted by Crippen LogP contribution is -2.43. The zero-order valence-corrected chi connectivity index (χ0v) is 14.3. The molecule has 1 heterocycles. The number of nitrogens with two attached hydrogens (primary N) is 1. The maximum atomic E-state index is 12.8. The average molecular weight is 347 g/mol. The molecule has 0 amide bonds. The van der Waals surface area contributed by atoms with Gasteiger partial charge in [-0.25, -0.2) is 8.42 Å². The molecule has 0 bridgehead atoms. The number of benzene rings is 1. The fraction of sp³-hybridized carbons (Fsp3) is 0.500. The molecule has 2 rings (SSSR count). The highest BCUT2D eigenvalue weighted by atomic mass is 35.5. The van der Waals surface area contributed by atoms with Crippen LogP contribution < -0.4 is 5.73 Å². The molecule has 0 aliphatic carbocycles. The van der Waals surface area contributed by atoms with Crippen LogP contribution in [0, 0.1) is 0 Å². The predicted molar refractivity (Wildman–Crippen MR) is 89.2 cm³/mol. The van der Waals surface area contributed by atoms with E-state index in [1.54, 1.807) is 10.4 Å². The van der Waals surface area contributed by atoms with E-state index in [-0.39, 0.29) is 20.9 Å². The van der Waals surface area contributed by atoms with Gasteiger partial charge in [-0.05, 0) is 31.4 Å². The third-order valence-corrected chi connectivity index (χ3v) is 6.52. The Morgan fingerprint density at radius 1 is 1.48 bits per heavy atom. The van der Waals surface area contributed by atoms with E-state index in [1.165, 1.54) is 12.1 Å². The van der Waals surface area contributed by atoms with Crippen molar-refractivity contribution in [2.75, 3.05) is 6.54 Å². The highest BCUT2D eigenvalue weighted by Gasteiger charge is 2.33. The summed E-state index contributed by atoms with van der Waals surface area (Å²) in [5, 5.41) is 0.167. The Labute approximate surface area is 136 Å². The quantitative estimate of drug-likeness (QED) is 0.851. The highest BCUT2D eigenvalue weighted by Crippen LogP contribution is 2.31. The van der Waals surface area contributed by atoms with Gasteiger partial charge >= 0.3 is 0 Å². The summed E-state index contributed by atoms with van der Waals surface area (Å²) in [6, 6.07) is 4.66. The van der Waals surface area contributed by atoms with Gasteiger partial charge in [0, 0.05) is 18.2 Å². The molecule has 1 saturated heterocycles. The first kappa shape index (κ1) is 16.7. The molecule has 1 aromatic rings. The average Bonchev–Trinajstić information content (AvgIpc) is 2.46. The van der Waals surface area contributed by atoms with Crippen molar-refractivity contribution in [2.24, 2.45) is 5.73 Å². The van der Waals surface area contributed by atoms with Crippen LogP contribution in [0.1, 0.15) is 38.2 Å². The molecule has 1 unspecified atom stereocenters. The zero-order chi connectivity index (χ0) is 15.6. The van der Waals surface area contributed by atoms with E-state index in [2.05, 4.69) is 0 Å². The molecule has 1 atom stereocenters. The van der Waals surface area contributed by atoms with Gasteiger partial charge in [0.1, 0.15) is 9.88 Å². The predicted octanol–water partition coefficient (Wildman–Crippen LogP) is 2.93. The van der Waals surface area contributed by atoms with E-state index in [0.717, 1.165) is 25.7 Å². The van der Waals surface area contributed by atoms with Crippen molar-refractivity contribution in [1.82, 2.24) is 4.31 Å². The van der Waals surface area contributed by atoms with Gasteiger partial charge in [-0.2, -0.15) is 4.31 Å². The van der Waals surface area contributed by atoms with Crippen LogP contribution in [0.3, 0.4) is 0 Å². The summed E-state index contributed by atoms with van der Waals surface area (Å²) in [5.41, 5.74) is 6.11. The molecule has 2 N–H and O–H groups in total.